The van der Waals surface area contributed by atoms with Crippen LogP contribution in [0.3, 0.4) is 0 Å². The Morgan fingerprint density at radius 3 is 2.42 bits per heavy atom. The first kappa shape index (κ1) is 22.8. The molecule has 1 N–H and O–H groups in total. The number of hydrogen-bond acceptors (Lipinski definition) is 4. The predicted molar refractivity (Wildman–Crippen MR) is 124 cm³/mol. The number of aliphatic imine (C=N–C) groups is 1. The average molecular weight is 434 g/mol. The van der Waals surface area contributed by atoms with Gasteiger partial charge in [-0.3, -0.25) is 14.7 Å². The summed E-state index contributed by atoms with van der Waals surface area (Å²) in [5.41, 5.74) is 0.145. The second-order valence-corrected chi connectivity index (χ2v) is 11.0. The normalized spacial score (nSPS) is 36.2. The number of nitrogens with one attached hydrogen (secondary N) is 1. The number of hydrogen-bond donors (Lipinski definition) is 1. The van der Waals surface area contributed by atoms with Gasteiger partial charge in [-0.15, -0.1) is 0 Å². The molecule has 0 spiro atoms. The van der Waals surface area contributed by atoms with E-state index < -0.39 is 0 Å². The molecular weight excluding hydrogens is 390 g/mol. The predicted octanol–water partition coefficient (Wildman–Crippen LogP) is 1.89. The number of nitrogens with zero attached hydrogens (tertiary/aromatic N) is 4. The topological polar surface area (TPSA) is 60.4 Å². The number of rotatable bonds is 4. The lowest BCUT2D eigenvalue weighted by Crippen LogP contribution is -2.68. The van der Waals surface area contributed by atoms with E-state index in [-0.39, 0.29) is 5.41 Å². The lowest BCUT2D eigenvalue weighted by atomic mass is 9.57. The molecule has 1 saturated carbocycles. The highest BCUT2D eigenvalue weighted by Gasteiger charge is 2.59. The SMILES string of the molecule is CCN=C(NC1C2CCOC2C1(C)C)N1CCN(CC(=O)N2CC(C)CC(C)C2)CC1. The fourth-order valence-electron chi connectivity index (χ4n) is 6.42. The van der Waals surface area contributed by atoms with E-state index in [4.69, 9.17) is 9.73 Å². The molecule has 4 rings (SSSR count). The van der Waals surface area contributed by atoms with Crippen LogP contribution in [0.2, 0.25) is 0 Å². The molecule has 3 saturated heterocycles. The van der Waals surface area contributed by atoms with Crippen LogP contribution in [0.25, 0.3) is 0 Å². The number of fused-ring (bicyclic) bond motifs is 1. The number of guanidine groups is 1. The van der Waals surface area contributed by atoms with Gasteiger partial charge in [-0.2, -0.15) is 0 Å². The highest BCUT2D eigenvalue weighted by atomic mass is 16.5. The van der Waals surface area contributed by atoms with Gasteiger partial charge < -0.3 is 19.9 Å². The summed E-state index contributed by atoms with van der Waals surface area (Å²) in [5.74, 6) is 3.17. The third-order valence-electron chi connectivity index (χ3n) is 7.95. The van der Waals surface area contributed by atoms with Gasteiger partial charge in [-0.1, -0.05) is 27.7 Å². The molecule has 1 amide bonds. The number of carbonyl (C=O) groups excluding carboxylic acids is 1. The van der Waals surface area contributed by atoms with E-state index in [1.54, 1.807) is 0 Å². The van der Waals surface area contributed by atoms with Crippen molar-refractivity contribution in [2.45, 2.75) is 59.6 Å². The summed E-state index contributed by atoms with van der Waals surface area (Å²) in [6, 6.07) is 0.424. The molecule has 31 heavy (non-hydrogen) atoms. The summed E-state index contributed by atoms with van der Waals surface area (Å²) < 4.78 is 5.96. The maximum Gasteiger partial charge on any atom is 0.236 e. The monoisotopic (exact) mass is 433 g/mol. The Balaban J connectivity index is 1.28. The Bertz CT molecular complexity index is 663. The zero-order chi connectivity index (χ0) is 22.2. The lowest BCUT2D eigenvalue weighted by Gasteiger charge is -2.55. The van der Waals surface area contributed by atoms with Gasteiger partial charge in [0.05, 0.1) is 12.6 Å². The zero-order valence-corrected chi connectivity index (χ0v) is 20.3. The molecule has 7 nitrogen and oxygen atoms in total. The van der Waals surface area contributed by atoms with Crippen LogP contribution in [0.5, 0.6) is 0 Å². The van der Waals surface area contributed by atoms with E-state index >= 15 is 0 Å². The van der Waals surface area contributed by atoms with E-state index in [0.717, 1.165) is 64.8 Å². The summed E-state index contributed by atoms with van der Waals surface area (Å²) in [6.45, 7) is 19.0. The van der Waals surface area contributed by atoms with Crippen LogP contribution in [-0.4, -0.2) is 97.7 Å². The second-order valence-electron chi connectivity index (χ2n) is 11.0. The minimum atomic E-state index is 0.145. The molecule has 3 heterocycles. The van der Waals surface area contributed by atoms with Crippen molar-refractivity contribution in [2.75, 3.05) is 59.0 Å². The molecule has 0 aromatic heterocycles. The van der Waals surface area contributed by atoms with Gasteiger partial charge in [0.25, 0.3) is 0 Å². The van der Waals surface area contributed by atoms with Gasteiger partial charge in [0.2, 0.25) is 5.91 Å². The number of carbonyl (C=O) groups is 1. The first-order valence-corrected chi connectivity index (χ1v) is 12.5. The van der Waals surface area contributed by atoms with Crippen LogP contribution < -0.4 is 5.32 Å². The number of piperazine rings is 1. The number of likely N-dealkylation sites (tertiary alicyclic amines) is 1. The average Bonchev–Trinajstić information content (AvgIpc) is 3.18. The molecule has 5 atom stereocenters. The van der Waals surface area contributed by atoms with Crippen molar-refractivity contribution in [3.8, 4) is 0 Å². The molecule has 4 fully saturated rings. The standard InChI is InChI=1S/C24H43N5O2/c1-6-25-23(26-21-19-7-12-31-22(19)24(21,4)5)28-10-8-27(9-11-28)16-20(30)29-14-17(2)13-18(3)15-29/h17-19,21-22H,6-16H2,1-5H3,(H,25,26). The van der Waals surface area contributed by atoms with Crippen molar-refractivity contribution in [1.29, 1.82) is 0 Å². The van der Waals surface area contributed by atoms with Crippen molar-refractivity contribution in [3.05, 3.63) is 0 Å². The molecular formula is C24H43N5O2. The molecule has 4 aliphatic rings. The molecule has 3 aliphatic heterocycles. The van der Waals surface area contributed by atoms with Crippen molar-refractivity contribution in [1.82, 2.24) is 20.0 Å². The summed E-state index contributed by atoms with van der Waals surface area (Å²) >= 11 is 0. The first-order valence-electron chi connectivity index (χ1n) is 12.5. The third-order valence-corrected chi connectivity index (χ3v) is 7.95. The summed E-state index contributed by atoms with van der Waals surface area (Å²) in [6.07, 6.45) is 2.77. The van der Waals surface area contributed by atoms with Crippen molar-refractivity contribution in [2.24, 2.45) is 28.2 Å². The van der Waals surface area contributed by atoms with Crippen LogP contribution in [0.4, 0.5) is 0 Å². The van der Waals surface area contributed by atoms with Gasteiger partial charge in [0, 0.05) is 69.8 Å². The summed E-state index contributed by atoms with van der Waals surface area (Å²) in [5, 5.41) is 3.81. The quantitative estimate of drug-likeness (QED) is 0.542. The van der Waals surface area contributed by atoms with Gasteiger partial charge in [0.1, 0.15) is 0 Å². The third kappa shape index (κ3) is 4.72. The number of piperidine rings is 1. The van der Waals surface area contributed by atoms with Crippen molar-refractivity contribution in [3.63, 3.8) is 0 Å². The molecule has 0 radical (unpaired) electrons. The van der Waals surface area contributed by atoms with Crippen LogP contribution in [0.15, 0.2) is 4.99 Å². The highest BCUT2D eigenvalue weighted by molar-refractivity contribution is 5.81. The van der Waals surface area contributed by atoms with Crippen LogP contribution >= 0.6 is 0 Å². The fraction of sp³-hybridized carbons (Fsp3) is 0.917. The maximum atomic E-state index is 12.9. The van der Waals surface area contributed by atoms with Crippen LogP contribution in [0.1, 0.15) is 47.5 Å². The smallest absolute Gasteiger partial charge is 0.236 e. The van der Waals surface area contributed by atoms with Gasteiger partial charge in [0.15, 0.2) is 5.96 Å². The Labute approximate surface area is 188 Å². The molecule has 7 heteroatoms. The molecule has 0 bridgehead atoms. The lowest BCUT2D eigenvalue weighted by molar-refractivity contribution is -0.135. The van der Waals surface area contributed by atoms with E-state index in [1.165, 1.54) is 6.42 Å². The van der Waals surface area contributed by atoms with Gasteiger partial charge in [-0.05, 0) is 31.6 Å². The molecule has 0 aromatic rings. The number of ether oxygens (including phenoxy) is 1. The minimum Gasteiger partial charge on any atom is -0.377 e. The second kappa shape index (κ2) is 9.26. The van der Waals surface area contributed by atoms with E-state index in [9.17, 15) is 4.79 Å². The minimum absolute atomic E-state index is 0.145. The van der Waals surface area contributed by atoms with E-state index in [1.807, 2.05) is 0 Å². The maximum absolute atomic E-state index is 12.9. The van der Waals surface area contributed by atoms with Gasteiger partial charge >= 0.3 is 0 Å². The first-order chi connectivity index (χ1) is 14.8. The Morgan fingerprint density at radius 1 is 1.10 bits per heavy atom. The largest absolute Gasteiger partial charge is 0.377 e. The number of amides is 1. The Morgan fingerprint density at radius 2 is 1.77 bits per heavy atom. The summed E-state index contributed by atoms with van der Waals surface area (Å²) in [7, 11) is 0. The zero-order valence-electron chi connectivity index (χ0n) is 20.3. The van der Waals surface area contributed by atoms with Crippen molar-refractivity contribution >= 4 is 11.9 Å². The Hall–Kier alpha value is -1.34. The molecule has 5 unspecified atom stereocenters. The highest BCUT2D eigenvalue weighted by Crippen LogP contribution is 2.52. The Kier molecular flexibility index (Phi) is 6.82. The van der Waals surface area contributed by atoms with Crippen LogP contribution in [0, 0.1) is 23.2 Å². The fourth-order valence-corrected chi connectivity index (χ4v) is 6.42. The summed E-state index contributed by atoms with van der Waals surface area (Å²) in [4.78, 5) is 24.5. The molecule has 0 aromatic carbocycles. The van der Waals surface area contributed by atoms with E-state index in [2.05, 4.69) is 54.6 Å². The molecule has 176 valence electrons. The van der Waals surface area contributed by atoms with Crippen LogP contribution in [-0.2, 0) is 9.53 Å². The van der Waals surface area contributed by atoms with Gasteiger partial charge in [-0.25, -0.2) is 0 Å². The van der Waals surface area contributed by atoms with E-state index in [0.29, 0.717) is 42.4 Å². The van der Waals surface area contributed by atoms with Crippen molar-refractivity contribution < 1.29 is 9.53 Å². The molecule has 1 aliphatic carbocycles.